The fraction of sp³-hybridized carbons (Fsp3) is 0.0769. The van der Waals surface area contributed by atoms with Crippen LogP contribution in [0.2, 0.25) is 5.02 Å². The third-order valence-corrected chi connectivity index (χ3v) is 3.92. The van der Waals surface area contributed by atoms with Crippen molar-refractivity contribution in [3.8, 4) is 0 Å². The Bertz CT molecular complexity index is 667. The van der Waals surface area contributed by atoms with Crippen LogP contribution in [0.15, 0.2) is 41.3 Å². The standard InChI is InChI=1S/C13H10ClFN2O2S/c14-9-2-1-8(12(5-9)17(18)19)7-20-13-4-3-10(16)6-11(13)15/h1-6H,7,16H2. The summed E-state index contributed by atoms with van der Waals surface area (Å²) in [6, 6.07) is 8.79. The lowest BCUT2D eigenvalue weighted by atomic mass is 10.2. The minimum absolute atomic E-state index is 0.0687. The van der Waals surface area contributed by atoms with Gasteiger partial charge in [0.05, 0.1) is 4.92 Å². The number of nitrogens with zero attached hydrogens (tertiary/aromatic N) is 1. The van der Waals surface area contributed by atoms with E-state index in [9.17, 15) is 14.5 Å². The summed E-state index contributed by atoms with van der Waals surface area (Å²) in [7, 11) is 0. The number of nitro benzene ring substituents is 1. The SMILES string of the molecule is Nc1ccc(SCc2ccc(Cl)cc2[N+](=O)[O-])c(F)c1. The molecule has 20 heavy (non-hydrogen) atoms. The minimum atomic E-state index is -0.499. The molecule has 0 heterocycles. The maximum atomic E-state index is 13.6. The zero-order valence-electron chi connectivity index (χ0n) is 10.2. The molecule has 0 aromatic heterocycles. The number of benzene rings is 2. The second kappa shape index (κ2) is 6.11. The van der Waals surface area contributed by atoms with E-state index < -0.39 is 10.7 Å². The first kappa shape index (κ1) is 14.6. The lowest BCUT2D eigenvalue weighted by Gasteiger charge is -2.05. The van der Waals surface area contributed by atoms with Gasteiger partial charge in [-0.15, -0.1) is 11.8 Å². The summed E-state index contributed by atoms with van der Waals surface area (Å²) >= 11 is 6.90. The van der Waals surface area contributed by atoms with E-state index in [0.717, 1.165) is 0 Å². The maximum absolute atomic E-state index is 13.6. The largest absolute Gasteiger partial charge is 0.399 e. The van der Waals surface area contributed by atoms with E-state index in [1.54, 1.807) is 24.3 Å². The molecule has 0 atom stereocenters. The number of nitro groups is 1. The Morgan fingerprint density at radius 1 is 1.30 bits per heavy atom. The Kier molecular flexibility index (Phi) is 4.46. The van der Waals surface area contributed by atoms with Gasteiger partial charge in [0.15, 0.2) is 0 Å². The highest BCUT2D eigenvalue weighted by molar-refractivity contribution is 7.98. The van der Waals surface area contributed by atoms with Gasteiger partial charge in [-0.25, -0.2) is 4.39 Å². The molecule has 0 saturated carbocycles. The molecule has 4 nitrogen and oxygen atoms in total. The molecule has 2 aromatic rings. The third kappa shape index (κ3) is 3.40. The van der Waals surface area contributed by atoms with Crippen LogP contribution in [0.1, 0.15) is 5.56 Å². The molecule has 0 bridgehead atoms. The Hall–Kier alpha value is -1.79. The molecule has 0 spiro atoms. The highest BCUT2D eigenvalue weighted by Crippen LogP contribution is 2.31. The van der Waals surface area contributed by atoms with Crippen molar-refractivity contribution in [2.45, 2.75) is 10.6 Å². The Morgan fingerprint density at radius 2 is 2.05 bits per heavy atom. The summed E-state index contributed by atoms with van der Waals surface area (Å²) in [6.45, 7) is 0. The molecule has 104 valence electrons. The number of nitrogen functional groups attached to an aromatic ring is 1. The minimum Gasteiger partial charge on any atom is -0.399 e. The van der Waals surface area contributed by atoms with Crippen molar-refractivity contribution in [2.75, 3.05) is 5.73 Å². The summed E-state index contributed by atoms with van der Waals surface area (Å²) in [5.41, 5.74) is 6.22. The monoisotopic (exact) mass is 312 g/mol. The molecular weight excluding hydrogens is 303 g/mol. The average molecular weight is 313 g/mol. The molecule has 0 aliphatic rings. The average Bonchev–Trinajstić information content (AvgIpc) is 2.38. The molecule has 7 heteroatoms. The van der Waals surface area contributed by atoms with E-state index in [2.05, 4.69) is 0 Å². The van der Waals surface area contributed by atoms with Gasteiger partial charge in [-0.2, -0.15) is 0 Å². The van der Waals surface area contributed by atoms with Crippen LogP contribution in [0, 0.1) is 15.9 Å². The van der Waals surface area contributed by atoms with Crippen LogP contribution in [-0.4, -0.2) is 4.92 Å². The van der Waals surface area contributed by atoms with Crippen LogP contribution in [-0.2, 0) is 5.75 Å². The van der Waals surface area contributed by atoms with Crippen molar-refractivity contribution < 1.29 is 9.31 Å². The van der Waals surface area contributed by atoms with Crippen molar-refractivity contribution in [1.82, 2.24) is 0 Å². The number of anilines is 1. The van der Waals surface area contributed by atoms with Crippen LogP contribution in [0.5, 0.6) is 0 Å². The first-order chi connectivity index (χ1) is 9.47. The lowest BCUT2D eigenvalue weighted by Crippen LogP contribution is -1.94. The van der Waals surface area contributed by atoms with Crippen LogP contribution < -0.4 is 5.73 Å². The predicted octanol–water partition coefficient (Wildman–Crippen LogP) is 4.26. The molecule has 0 aliphatic heterocycles. The number of thioether (sulfide) groups is 1. The number of hydrogen-bond donors (Lipinski definition) is 1. The fourth-order valence-corrected chi connectivity index (χ4v) is 2.70. The summed E-state index contributed by atoms with van der Waals surface area (Å²) < 4.78 is 13.6. The van der Waals surface area contributed by atoms with E-state index in [1.165, 1.54) is 23.9 Å². The summed E-state index contributed by atoms with van der Waals surface area (Å²) in [6.07, 6.45) is 0. The number of nitrogens with two attached hydrogens (primary N) is 1. The van der Waals surface area contributed by atoms with Gasteiger partial charge in [0.1, 0.15) is 5.82 Å². The molecular formula is C13H10ClFN2O2S. The summed E-state index contributed by atoms with van der Waals surface area (Å²) in [5.74, 6) is -0.166. The van der Waals surface area contributed by atoms with Crippen LogP contribution in [0.3, 0.4) is 0 Å². The molecule has 0 saturated heterocycles. The van der Waals surface area contributed by atoms with Gasteiger partial charge in [0, 0.05) is 33.0 Å². The molecule has 2 N–H and O–H groups in total. The van der Waals surface area contributed by atoms with E-state index >= 15 is 0 Å². The molecule has 0 fully saturated rings. The maximum Gasteiger partial charge on any atom is 0.274 e. The molecule has 0 unspecified atom stereocenters. The van der Waals surface area contributed by atoms with E-state index in [4.69, 9.17) is 17.3 Å². The van der Waals surface area contributed by atoms with Gasteiger partial charge < -0.3 is 5.73 Å². The van der Waals surface area contributed by atoms with Gasteiger partial charge in [0.2, 0.25) is 0 Å². The fourth-order valence-electron chi connectivity index (χ4n) is 1.62. The third-order valence-electron chi connectivity index (χ3n) is 2.58. The normalized spacial score (nSPS) is 10.5. The van der Waals surface area contributed by atoms with Crippen molar-refractivity contribution in [1.29, 1.82) is 0 Å². The topological polar surface area (TPSA) is 69.2 Å². The van der Waals surface area contributed by atoms with Crippen LogP contribution in [0.25, 0.3) is 0 Å². The van der Waals surface area contributed by atoms with E-state index in [-0.39, 0.29) is 11.4 Å². The second-order valence-corrected chi connectivity index (χ2v) is 5.46. The van der Waals surface area contributed by atoms with Gasteiger partial charge in [-0.1, -0.05) is 11.6 Å². The Labute approximate surface area is 123 Å². The van der Waals surface area contributed by atoms with Crippen molar-refractivity contribution >= 4 is 34.7 Å². The summed E-state index contributed by atoms with van der Waals surface area (Å²) in [4.78, 5) is 10.8. The van der Waals surface area contributed by atoms with Crippen LogP contribution in [0.4, 0.5) is 15.8 Å². The Morgan fingerprint density at radius 3 is 2.70 bits per heavy atom. The number of hydrogen-bond acceptors (Lipinski definition) is 4. The second-order valence-electron chi connectivity index (χ2n) is 4.01. The van der Waals surface area contributed by atoms with Gasteiger partial charge in [-0.3, -0.25) is 10.1 Å². The first-order valence-corrected chi connectivity index (χ1v) is 6.94. The number of halogens is 2. The first-order valence-electron chi connectivity index (χ1n) is 5.58. The lowest BCUT2D eigenvalue weighted by molar-refractivity contribution is -0.385. The zero-order chi connectivity index (χ0) is 14.7. The van der Waals surface area contributed by atoms with Gasteiger partial charge in [0.25, 0.3) is 5.69 Å². The highest BCUT2D eigenvalue weighted by atomic mass is 35.5. The van der Waals surface area contributed by atoms with Crippen LogP contribution >= 0.6 is 23.4 Å². The van der Waals surface area contributed by atoms with Gasteiger partial charge in [-0.05, 0) is 30.3 Å². The summed E-state index contributed by atoms with van der Waals surface area (Å²) in [5, 5.41) is 11.2. The molecule has 0 aliphatic carbocycles. The van der Waals surface area contributed by atoms with Crippen molar-refractivity contribution in [3.05, 3.63) is 62.9 Å². The Balaban J connectivity index is 2.20. The van der Waals surface area contributed by atoms with Crippen molar-refractivity contribution in [3.63, 3.8) is 0 Å². The van der Waals surface area contributed by atoms with Crippen molar-refractivity contribution in [2.24, 2.45) is 0 Å². The molecule has 2 rings (SSSR count). The zero-order valence-corrected chi connectivity index (χ0v) is 11.7. The van der Waals surface area contributed by atoms with Gasteiger partial charge >= 0.3 is 0 Å². The van der Waals surface area contributed by atoms with E-state index in [1.807, 2.05) is 0 Å². The molecule has 0 amide bonds. The molecule has 0 radical (unpaired) electrons. The quantitative estimate of drug-likeness (QED) is 0.396. The number of rotatable bonds is 4. The van der Waals surface area contributed by atoms with E-state index in [0.29, 0.717) is 21.2 Å². The smallest absolute Gasteiger partial charge is 0.274 e. The molecule has 2 aromatic carbocycles. The predicted molar refractivity (Wildman–Crippen MR) is 78.5 cm³/mol. The highest BCUT2D eigenvalue weighted by Gasteiger charge is 2.15.